The van der Waals surface area contributed by atoms with Crippen LogP contribution < -0.4 is 0 Å². The topological polar surface area (TPSA) is 72.8 Å². The first kappa shape index (κ1) is 68.3. The van der Waals surface area contributed by atoms with Gasteiger partial charge in [0.1, 0.15) is 6.61 Å². The van der Waals surface area contributed by atoms with Gasteiger partial charge in [-0.1, -0.05) is 277 Å². The SMILES string of the molecule is CC/C=C\C/C=C\C/C=C\C/C=C\C/C=C\CCCCCCCCCCCCCCCC(=O)OCC(CO)OC(=O)CCCCCCCCCCCCCCC/C=C\C/C=C\C/C=C\C/C=C\C/C=C\CC. The summed E-state index contributed by atoms with van der Waals surface area (Å²) in [4.78, 5) is 24.6. The van der Waals surface area contributed by atoms with E-state index in [0.29, 0.717) is 12.8 Å². The molecule has 72 heavy (non-hydrogen) atoms. The molecule has 0 aliphatic heterocycles. The predicted octanol–water partition coefficient (Wildman–Crippen LogP) is 20.6. The van der Waals surface area contributed by atoms with Crippen LogP contribution in [0.15, 0.2) is 122 Å². The highest BCUT2D eigenvalue weighted by atomic mass is 16.6. The first-order chi connectivity index (χ1) is 35.6. The highest BCUT2D eigenvalue weighted by Gasteiger charge is 2.16. The smallest absolute Gasteiger partial charge is 0.306 e. The van der Waals surface area contributed by atoms with E-state index < -0.39 is 6.10 Å². The minimum Gasteiger partial charge on any atom is -0.462 e. The number of hydrogen-bond donors (Lipinski definition) is 1. The van der Waals surface area contributed by atoms with Crippen molar-refractivity contribution in [3.8, 4) is 0 Å². The fourth-order valence-corrected chi connectivity index (χ4v) is 8.32. The largest absolute Gasteiger partial charge is 0.462 e. The molecule has 0 aromatic rings. The van der Waals surface area contributed by atoms with Gasteiger partial charge in [-0.2, -0.15) is 0 Å². The maximum Gasteiger partial charge on any atom is 0.306 e. The van der Waals surface area contributed by atoms with Crippen molar-refractivity contribution in [2.24, 2.45) is 0 Å². The Hall–Kier alpha value is -3.70. The van der Waals surface area contributed by atoms with Crippen molar-refractivity contribution in [1.29, 1.82) is 0 Å². The van der Waals surface area contributed by atoms with Crippen LogP contribution in [0.4, 0.5) is 0 Å². The predicted molar refractivity (Wildman–Crippen MR) is 315 cm³/mol. The van der Waals surface area contributed by atoms with Gasteiger partial charge in [0, 0.05) is 12.8 Å². The zero-order valence-electron chi connectivity index (χ0n) is 46.9. The molecule has 0 spiro atoms. The van der Waals surface area contributed by atoms with Crippen LogP contribution in [0.3, 0.4) is 0 Å². The number of unbranched alkanes of at least 4 members (excludes halogenated alkanes) is 26. The Labute approximate surface area is 445 Å². The Bertz CT molecular complexity index is 1450. The summed E-state index contributed by atoms with van der Waals surface area (Å²) in [6.07, 6.45) is 90.3. The van der Waals surface area contributed by atoms with Crippen LogP contribution >= 0.6 is 0 Å². The van der Waals surface area contributed by atoms with Gasteiger partial charge in [-0.25, -0.2) is 0 Å². The third-order valence-electron chi connectivity index (χ3n) is 12.8. The maximum atomic E-state index is 12.3. The van der Waals surface area contributed by atoms with Crippen molar-refractivity contribution in [3.05, 3.63) is 122 Å². The van der Waals surface area contributed by atoms with Crippen molar-refractivity contribution in [2.75, 3.05) is 13.2 Å². The van der Waals surface area contributed by atoms with E-state index in [2.05, 4.69) is 135 Å². The van der Waals surface area contributed by atoms with Gasteiger partial charge in [0.25, 0.3) is 0 Å². The number of allylic oxidation sites excluding steroid dienone is 20. The molecule has 0 fully saturated rings. The average Bonchev–Trinajstić information content (AvgIpc) is 3.38. The van der Waals surface area contributed by atoms with E-state index in [0.717, 1.165) is 103 Å². The van der Waals surface area contributed by atoms with Gasteiger partial charge in [-0.05, 0) is 103 Å². The highest BCUT2D eigenvalue weighted by molar-refractivity contribution is 5.70. The van der Waals surface area contributed by atoms with Gasteiger partial charge >= 0.3 is 11.9 Å². The van der Waals surface area contributed by atoms with E-state index >= 15 is 0 Å². The van der Waals surface area contributed by atoms with Crippen LogP contribution in [0.1, 0.15) is 271 Å². The molecule has 0 saturated carbocycles. The Morgan fingerprint density at radius 3 is 0.833 bits per heavy atom. The lowest BCUT2D eigenvalue weighted by atomic mass is 10.0. The molecule has 0 aliphatic carbocycles. The summed E-state index contributed by atoms with van der Waals surface area (Å²) in [6, 6.07) is 0. The van der Waals surface area contributed by atoms with Gasteiger partial charge in [0.05, 0.1) is 6.61 Å². The second kappa shape index (κ2) is 61.6. The van der Waals surface area contributed by atoms with Crippen LogP contribution in [0.5, 0.6) is 0 Å². The summed E-state index contributed by atoms with van der Waals surface area (Å²) in [5.41, 5.74) is 0. The normalized spacial score (nSPS) is 13.1. The Morgan fingerprint density at radius 1 is 0.319 bits per heavy atom. The monoisotopic (exact) mass is 997 g/mol. The first-order valence-corrected chi connectivity index (χ1v) is 30.1. The van der Waals surface area contributed by atoms with E-state index in [1.807, 2.05) is 0 Å². The maximum absolute atomic E-state index is 12.3. The molecule has 5 nitrogen and oxygen atoms in total. The molecular weight excluding hydrogens is 885 g/mol. The molecule has 0 heterocycles. The van der Waals surface area contributed by atoms with Crippen molar-refractivity contribution in [3.63, 3.8) is 0 Å². The third kappa shape index (κ3) is 58.9. The van der Waals surface area contributed by atoms with Gasteiger partial charge in [-0.15, -0.1) is 0 Å². The number of ether oxygens (including phenoxy) is 2. The van der Waals surface area contributed by atoms with E-state index in [1.54, 1.807) is 0 Å². The van der Waals surface area contributed by atoms with E-state index in [-0.39, 0.29) is 25.2 Å². The van der Waals surface area contributed by atoms with E-state index in [1.165, 1.54) is 141 Å². The fraction of sp³-hybridized carbons (Fsp3) is 0.672. The average molecular weight is 998 g/mol. The number of esters is 2. The zero-order chi connectivity index (χ0) is 52.0. The van der Waals surface area contributed by atoms with Crippen LogP contribution in [-0.2, 0) is 19.1 Å². The zero-order valence-corrected chi connectivity index (χ0v) is 46.9. The lowest BCUT2D eigenvalue weighted by molar-refractivity contribution is -0.161. The Morgan fingerprint density at radius 2 is 0.556 bits per heavy atom. The summed E-state index contributed by atoms with van der Waals surface area (Å²) in [5, 5.41) is 9.68. The molecule has 410 valence electrons. The summed E-state index contributed by atoms with van der Waals surface area (Å²) in [6.45, 7) is 3.93. The second-order valence-electron chi connectivity index (χ2n) is 19.7. The van der Waals surface area contributed by atoms with Crippen LogP contribution in [-0.4, -0.2) is 36.4 Å². The molecule has 0 aromatic carbocycles. The summed E-state index contributed by atoms with van der Waals surface area (Å²) in [5.74, 6) is -0.592. The van der Waals surface area contributed by atoms with Gasteiger partial charge in [0.2, 0.25) is 0 Å². The minimum absolute atomic E-state index is 0.0714. The molecule has 0 aliphatic rings. The lowest BCUT2D eigenvalue weighted by Gasteiger charge is -2.15. The van der Waals surface area contributed by atoms with Crippen LogP contribution in [0.2, 0.25) is 0 Å². The number of carbonyl (C=O) groups excluding carboxylic acids is 2. The van der Waals surface area contributed by atoms with Crippen LogP contribution in [0, 0.1) is 0 Å². The molecule has 0 amide bonds. The quantitative estimate of drug-likeness (QED) is 0.0373. The van der Waals surface area contributed by atoms with Gasteiger partial charge in [-0.3, -0.25) is 9.59 Å². The molecule has 0 aromatic heterocycles. The van der Waals surface area contributed by atoms with E-state index in [9.17, 15) is 14.7 Å². The molecule has 0 radical (unpaired) electrons. The second-order valence-corrected chi connectivity index (χ2v) is 19.7. The summed E-state index contributed by atoms with van der Waals surface area (Å²) < 4.78 is 10.7. The number of aliphatic hydroxyl groups excluding tert-OH is 1. The molecule has 1 atom stereocenters. The molecular formula is C67H112O5. The summed E-state index contributed by atoms with van der Waals surface area (Å²) >= 11 is 0. The molecule has 1 N–H and O–H groups in total. The number of hydrogen-bond acceptors (Lipinski definition) is 5. The van der Waals surface area contributed by atoms with Crippen molar-refractivity contribution in [1.82, 2.24) is 0 Å². The number of rotatable bonds is 54. The van der Waals surface area contributed by atoms with Crippen molar-refractivity contribution in [2.45, 2.75) is 277 Å². The van der Waals surface area contributed by atoms with Gasteiger partial charge in [0.15, 0.2) is 6.10 Å². The lowest BCUT2D eigenvalue weighted by Crippen LogP contribution is -2.28. The Balaban J connectivity index is 3.51. The molecule has 0 bridgehead atoms. The summed E-state index contributed by atoms with van der Waals surface area (Å²) in [7, 11) is 0. The third-order valence-corrected chi connectivity index (χ3v) is 12.8. The van der Waals surface area contributed by atoms with E-state index in [4.69, 9.17) is 9.47 Å². The number of carbonyl (C=O) groups is 2. The minimum atomic E-state index is -0.781. The molecule has 0 rings (SSSR count). The first-order valence-electron chi connectivity index (χ1n) is 30.1. The fourth-order valence-electron chi connectivity index (χ4n) is 8.32. The van der Waals surface area contributed by atoms with Crippen molar-refractivity contribution >= 4 is 11.9 Å². The molecule has 5 heteroatoms. The number of aliphatic hydroxyl groups is 1. The van der Waals surface area contributed by atoms with Crippen molar-refractivity contribution < 1.29 is 24.2 Å². The highest BCUT2D eigenvalue weighted by Crippen LogP contribution is 2.16. The van der Waals surface area contributed by atoms with Gasteiger partial charge < -0.3 is 14.6 Å². The molecule has 0 saturated heterocycles. The standard InChI is InChI=1S/C67H112O5/c1-3-5-7-9-11-13-15-17-19-21-23-25-27-29-31-33-35-37-39-41-43-45-47-49-51-53-55-57-59-61-66(69)71-64-65(63-68)72-67(70)62-60-58-56-54-52-50-48-46-44-42-40-38-36-34-32-30-28-26-24-22-20-18-16-14-12-10-8-6-4-2/h5-8,11-14,17-20,23-26,29-32,65,68H,3-4,9-10,15-16,21-22,27-28,33-64H2,1-2H3/b7-5-,8-6-,13-11-,14-12-,19-17-,20-18-,25-23-,26-24-,31-29-,32-30-. The Kier molecular flexibility index (Phi) is 58.4. The van der Waals surface area contributed by atoms with Crippen LogP contribution in [0.25, 0.3) is 0 Å². The molecule has 1 unspecified atom stereocenters.